The van der Waals surface area contributed by atoms with E-state index in [2.05, 4.69) is 10.3 Å². The highest BCUT2D eigenvalue weighted by molar-refractivity contribution is 6.33. The Bertz CT molecular complexity index is 411. The Morgan fingerprint density at radius 2 is 2.35 bits per heavy atom. The number of rotatable bonds is 3. The van der Waals surface area contributed by atoms with Gasteiger partial charge in [0.1, 0.15) is 0 Å². The summed E-state index contributed by atoms with van der Waals surface area (Å²) in [5.74, 6) is 0.217. The van der Waals surface area contributed by atoms with Gasteiger partial charge in [0.05, 0.1) is 10.6 Å². The molecule has 2 unspecified atom stereocenters. The maximum Gasteiger partial charge on any atom is 0.252 e. The van der Waals surface area contributed by atoms with Gasteiger partial charge in [-0.25, -0.2) is 0 Å². The normalized spacial score (nSPS) is 23.6. The van der Waals surface area contributed by atoms with Crippen LogP contribution < -0.4 is 5.32 Å². The van der Waals surface area contributed by atoms with Gasteiger partial charge in [0.2, 0.25) is 0 Å². The third kappa shape index (κ3) is 3.11. The molecule has 1 aromatic heterocycles. The van der Waals surface area contributed by atoms with Crippen LogP contribution in [0.1, 0.15) is 29.6 Å². The van der Waals surface area contributed by atoms with Crippen molar-refractivity contribution >= 4 is 29.1 Å². The lowest BCUT2D eigenvalue weighted by molar-refractivity contribution is 0.0947. The SMILES string of the molecule is O=C(NCC1CCCC1Cl)c1ccncc1Cl. The Balaban J connectivity index is 1.91. The first kappa shape index (κ1) is 12.7. The Morgan fingerprint density at radius 1 is 1.53 bits per heavy atom. The average molecular weight is 273 g/mol. The maximum atomic E-state index is 11.9. The molecule has 0 aromatic carbocycles. The lowest BCUT2D eigenvalue weighted by Crippen LogP contribution is -2.31. The summed E-state index contributed by atoms with van der Waals surface area (Å²) in [6.45, 7) is 0.617. The predicted octanol–water partition coefficient (Wildman–Crippen LogP) is 2.87. The highest BCUT2D eigenvalue weighted by atomic mass is 35.5. The van der Waals surface area contributed by atoms with Crippen LogP contribution in [0.15, 0.2) is 18.5 Å². The molecular weight excluding hydrogens is 259 g/mol. The van der Waals surface area contributed by atoms with Crippen LogP contribution in [0.5, 0.6) is 0 Å². The number of alkyl halides is 1. The van der Waals surface area contributed by atoms with Crippen molar-refractivity contribution in [3.05, 3.63) is 29.0 Å². The predicted molar refractivity (Wildman–Crippen MR) is 68.6 cm³/mol. The van der Waals surface area contributed by atoms with E-state index in [-0.39, 0.29) is 11.3 Å². The van der Waals surface area contributed by atoms with Gasteiger partial charge < -0.3 is 5.32 Å². The molecule has 0 aliphatic heterocycles. The lowest BCUT2D eigenvalue weighted by Gasteiger charge is -2.14. The first-order valence-electron chi connectivity index (χ1n) is 5.70. The Kier molecular flexibility index (Phi) is 4.24. The summed E-state index contributed by atoms with van der Waals surface area (Å²) in [6, 6.07) is 1.62. The second-order valence-electron chi connectivity index (χ2n) is 4.27. The number of carbonyl (C=O) groups is 1. The molecule has 1 aliphatic rings. The first-order chi connectivity index (χ1) is 8.18. The quantitative estimate of drug-likeness (QED) is 0.860. The molecule has 17 heavy (non-hydrogen) atoms. The standard InChI is InChI=1S/C12H14Cl2N2O/c13-10-3-1-2-8(10)6-16-12(17)9-4-5-15-7-11(9)14/h4-5,7-8,10H,1-3,6H2,(H,16,17). The van der Waals surface area contributed by atoms with Crippen LogP contribution in [0, 0.1) is 5.92 Å². The second-order valence-corrected chi connectivity index (χ2v) is 5.24. The van der Waals surface area contributed by atoms with Crippen LogP contribution in [0.2, 0.25) is 5.02 Å². The van der Waals surface area contributed by atoms with Crippen molar-refractivity contribution in [1.82, 2.24) is 10.3 Å². The fourth-order valence-corrected chi connectivity index (χ4v) is 2.67. The van der Waals surface area contributed by atoms with Crippen molar-refractivity contribution in [3.8, 4) is 0 Å². The van der Waals surface area contributed by atoms with Gasteiger partial charge in [-0.2, -0.15) is 0 Å². The van der Waals surface area contributed by atoms with Gasteiger partial charge in [0, 0.05) is 24.3 Å². The van der Waals surface area contributed by atoms with Crippen LogP contribution in [-0.4, -0.2) is 22.8 Å². The molecule has 92 valence electrons. The molecule has 1 aliphatic carbocycles. The molecule has 0 saturated heterocycles. The van der Waals surface area contributed by atoms with E-state index in [1.54, 1.807) is 12.3 Å². The van der Waals surface area contributed by atoms with Gasteiger partial charge in [-0.05, 0) is 24.8 Å². The molecule has 0 bridgehead atoms. The van der Waals surface area contributed by atoms with E-state index in [0.29, 0.717) is 23.0 Å². The van der Waals surface area contributed by atoms with Crippen LogP contribution in [-0.2, 0) is 0 Å². The van der Waals surface area contributed by atoms with E-state index in [0.717, 1.165) is 19.3 Å². The van der Waals surface area contributed by atoms with Gasteiger partial charge >= 0.3 is 0 Å². The van der Waals surface area contributed by atoms with E-state index in [1.807, 2.05) is 0 Å². The van der Waals surface area contributed by atoms with Gasteiger partial charge in [-0.15, -0.1) is 11.6 Å². The molecule has 1 heterocycles. The number of amides is 1. The maximum absolute atomic E-state index is 11.9. The topological polar surface area (TPSA) is 42.0 Å². The summed E-state index contributed by atoms with van der Waals surface area (Å²) < 4.78 is 0. The van der Waals surface area contributed by atoms with Crippen LogP contribution in [0.3, 0.4) is 0 Å². The van der Waals surface area contributed by atoms with Gasteiger partial charge in [0.25, 0.3) is 5.91 Å². The van der Waals surface area contributed by atoms with Gasteiger partial charge in [-0.3, -0.25) is 9.78 Å². The molecule has 2 atom stereocenters. The zero-order valence-corrected chi connectivity index (χ0v) is 10.8. The summed E-state index contributed by atoms with van der Waals surface area (Å²) in [7, 11) is 0. The molecule has 1 fully saturated rings. The summed E-state index contributed by atoms with van der Waals surface area (Å²) >= 11 is 12.0. The van der Waals surface area contributed by atoms with E-state index < -0.39 is 0 Å². The molecule has 0 radical (unpaired) electrons. The Labute approximate surface area is 111 Å². The van der Waals surface area contributed by atoms with Crippen molar-refractivity contribution in [2.24, 2.45) is 5.92 Å². The van der Waals surface area contributed by atoms with Gasteiger partial charge in [0.15, 0.2) is 0 Å². The number of aromatic nitrogens is 1. The number of nitrogens with zero attached hydrogens (tertiary/aromatic N) is 1. The number of halogens is 2. The molecule has 1 saturated carbocycles. The zero-order valence-electron chi connectivity index (χ0n) is 9.33. The lowest BCUT2D eigenvalue weighted by atomic mass is 10.1. The van der Waals surface area contributed by atoms with Crippen molar-refractivity contribution in [2.45, 2.75) is 24.6 Å². The van der Waals surface area contributed by atoms with E-state index in [1.165, 1.54) is 6.20 Å². The van der Waals surface area contributed by atoms with E-state index in [4.69, 9.17) is 23.2 Å². The fraction of sp³-hybridized carbons (Fsp3) is 0.500. The number of hydrogen-bond acceptors (Lipinski definition) is 2. The third-order valence-electron chi connectivity index (χ3n) is 3.11. The molecule has 1 N–H and O–H groups in total. The van der Waals surface area contributed by atoms with Crippen LogP contribution >= 0.6 is 23.2 Å². The summed E-state index contributed by atoms with van der Waals surface area (Å²) in [5, 5.41) is 3.43. The highest BCUT2D eigenvalue weighted by Crippen LogP contribution is 2.29. The van der Waals surface area contributed by atoms with Crippen molar-refractivity contribution in [2.75, 3.05) is 6.54 Å². The molecule has 5 heteroatoms. The highest BCUT2D eigenvalue weighted by Gasteiger charge is 2.25. The minimum absolute atomic E-state index is 0.159. The van der Waals surface area contributed by atoms with Crippen LogP contribution in [0.4, 0.5) is 0 Å². The molecular formula is C12H14Cl2N2O. The van der Waals surface area contributed by atoms with Crippen LogP contribution in [0.25, 0.3) is 0 Å². The number of pyridine rings is 1. The van der Waals surface area contributed by atoms with Crippen molar-refractivity contribution < 1.29 is 4.79 Å². The summed E-state index contributed by atoms with van der Waals surface area (Å²) in [4.78, 5) is 15.7. The Morgan fingerprint density at radius 3 is 3.00 bits per heavy atom. The van der Waals surface area contributed by atoms with Gasteiger partial charge in [-0.1, -0.05) is 18.0 Å². The minimum Gasteiger partial charge on any atom is -0.352 e. The first-order valence-corrected chi connectivity index (χ1v) is 6.51. The monoisotopic (exact) mass is 272 g/mol. The third-order valence-corrected chi connectivity index (χ3v) is 3.98. The fourth-order valence-electron chi connectivity index (χ4n) is 2.10. The summed E-state index contributed by atoms with van der Waals surface area (Å²) in [6.07, 6.45) is 6.29. The number of nitrogens with one attached hydrogen (secondary N) is 1. The smallest absolute Gasteiger partial charge is 0.252 e. The van der Waals surface area contributed by atoms with Crippen molar-refractivity contribution in [3.63, 3.8) is 0 Å². The van der Waals surface area contributed by atoms with Crippen molar-refractivity contribution in [1.29, 1.82) is 0 Å². The average Bonchev–Trinajstić information content (AvgIpc) is 2.72. The minimum atomic E-state index is -0.159. The van der Waals surface area contributed by atoms with E-state index >= 15 is 0 Å². The number of carbonyl (C=O) groups excluding carboxylic acids is 1. The summed E-state index contributed by atoms with van der Waals surface area (Å²) in [5.41, 5.74) is 0.464. The largest absolute Gasteiger partial charge is 0.352 e. The molecule has 3 nitrogen and oxygen atoms in total. The molecule has 1 aromatic rings. The molecule has 2 rings (SSSR count). The second kappa shape index (κ2) is 5.69. The molecule has 1 amide bonds. The zero-order chi connectivity index (χ0) is 12.3. The molecule has 0 spiro atoms. The number of hydrogen-bond donors (Lipinski definition) is 1. The van der Waals surface area contributed by atoms with E-state index in [9.17, 15) is 4.79 Å². The Hall–Kier alpha value is -0.800.